The van der Waals surface area contributed by atoms with E-state index in [-0.39, 0.29) is 11.3 Å². The number of methoxy groups -OCH3 is 1. The summed E-state index contributed by atoms with van der Waals surface area (Å²) in [5.41, 5.74) is 2.08. The molecule has 5 heteroatoms. The molecule has 0 amide bonds. The minimum Gasteiger partial charge on any atom is -0.497 e. The van der Waals surface area contributed by atoms with E-state index in [0.717, 1.165) is 17.7 Å². The second-order valence-corrected chi connectivity index (χ2v) is 6.00. The van der Waals surface area contributed by atoms with Crippen molar-refractivity contribution in [1.29, 1.82) is 0 Å². The Balaban J connectivity index is 2.34. The van der Waals surface area contributed by atoms with E-state index < -0.39 is 11.6 Å². The first-order valence-corrected chi connectivity index (χ1v) is 7.95. The van der Waals surface area contributed by atoms with Crippen molar-refractivity contribution >= 4 is 22.9 Å². The second-order valence-electron chi connectivity index (χ2n) is 5.59. The molecular weight excluding hydrogens is 344 g/mol. The number of benzene rings is 2. The first kappa shape index (κ1) is 17.2. The minimum absolute atomic E-state index is 0.117. The van der Waals surface area contributed by atoms with Gasteiger partial charge in [-0.05, 0) is 11.6 Å². The van der Waals surface area contributed by atoms with E-state index in [1.165, 1.54) is 7.11 Å². The maximum absolute atomic E-state index is 14.7. The first-order chi connectivity index (χ1) is 11.9. The highest BCUT2D eigenvalue weighted by atomic mass is 35.5. The number of halogens is 3. The molecule has 1 heterocycles. The van der Waals surface area contributed by atoms with Gasteiger partial charge in [-0.15, -0.1) is 0 Å². The molecule has 0 aliphatic carbocycles. The molecular formula is C20H16ClF2NO. The quantitative estimate of drug-likeness (QED) is 0.725. The number of allylic oxidation sites excluding steroid dienone is 3. The van der Waals surface area contributed by atoms with Gasteiger partial charge in [0, 0.05) is 24.8 Å². The van der Waals surface area contributed by atoms with Crippen molar-refractivity contribution in [3.63, 3.8) is 0 Å². The largest absolute Gasteiger partial charge is 0.497 e. The summed E-state index contributed by atoms with van der Waals surface area (Å²) in [6.07, 6.45) is 1.68. The zero-order valence-electron chi connectivity index (χ0n) is 13.8. The van der Waals surface area contributed by atoms with Crippen LogP contribution in [0.3, 0.4) is 0 Å². The van der Waals surface area contributed by atoms with Crippen molar-refractivity contribution < 1.29 is 13.5 Å². The van der Waals surface area contributed by atoms with Crippen LogP contribution in [0.2, 0.25) is 0 Å². The Kier molecular flexibility index (Phi) is 4.64. The summed E-state index contributed by atoms with van der Waals surface area (Å²) < 4.78 is 34.3. The summed E-state index contributed by atoms with van der Waals surface area (Å²) >= 11 is 6.26. The predicted octanol–water partition coefficient (Wildman–Crippen LogP) is 5.42. The van der Waals surface area contributed by atoms with E-state index in [2.05, 4.69) is 6.58 Å². The summed E-state index contributed by atoms with van der Waals surface area (Å²) in [5, 5.41) is 0.416. The summed E-state index contributed by atoms with van der Waals surface area (Å²) in [5.74, 6) is -1.32. The molecule has 0 aromatic heterocycles. The van der Waals surface area contributed by atoms with Gasteiger partial charge in [-0.3, -0.25) is 0 Å². The number of hydrogen-bond acceptors (Lipinski definition) is 2. The average Bonchev–Trinajstić information content (AvgIpc) is 2.61. The van der Waals surface area contributed by atoms with Gasteiger partial charge < -0.3 is 9.64 Å². The van der Waals surface area contributed by atoms with Crippen LogP contribution in [0, 0.1) is 11.6 Å². The molecule has 1 aliphatic rings. The number of likely N-dealkylation sites (N-methyl/N-ethyl adjacent to an activating group) is 1. The van der Waals surface area contributed by atoms with Gasteiger partial charge in [0.15, 0.2) is 0 Å². The third-order valence-electron chi connectivity index (χ3n) is 4.12. The van der Waals surface area contributed by atoms with Crippen LogP contribution >= 0.6 is 11.6 Å². The Morgan fingerprint density at radius 3 is 2.24 bits per heavy atom. The summed E-state index contributed by atoms with van der Waals surface area (Å²) in [7, 11) is 3.04. The predicted molar refractivity (Wildman–Crippen MR) is 97.0 cm³/mol. The molecule has 0 radical (unpaired) electrons. The summed E-state index contributed by atoms with van der Waals surface area (Å²) in [4.78, 5) is 1.60. The Morgan fingerprint density at radius 1 is 1.08 bits per heavy atom. The Morgan fingerprint density at radius 2 is 1.68 bits per heavy atom. The Hall–Kier alpha value is -2.59. The molecule has 1 aliphatic heterocycles. The fourth-order valence-electron chi connectivity index (χ4n) is 2.79. The van der Waals surface area contributed by atoms with Gasteiger partial charge in [-0.2, -0.15) is 0 Å². The zero-order valence-corrected chi connectivity index (χ0v) is 14.6. The molecule has 0 saturated carbocycles. The number of hydrogen-bond donors (Lipinski definition) is 0. The van der Waals surface area contributed by atoms with E-state index >= 15 is 0 Å². The van der Waals surface area contributed by atoms with E-state index in [0.29, 0.717) is 22.0 Å². The standard InChI is InChI=1S/C20H16ClF2NO/c1-12-16(21)11-15(13-7-5-4-6-8-13)20(24(12)2)19-17(22)9-14(25-3)10-18(19)23/h4-11H,1H2,2-3H3. The van der Waals surface area contributed by atoms with Gasteiger partial charge in [0.05, 0.1) is 29.1 Å². The molecule has 128 valence electrons. The fraction of sp³-hybridized carbons (Fsp3) is 0.100. The van der Waals surface area contributed by atoms with Crippen molar-refractivity contribution in [2.45, 2.75) is 0 Å². The molecule has 2 aromatic carbocycles. The maximum atomic E-state index is 14.7. The molecule has 2 nitrogen and oxygen atoms in total. The molecule has 3 rings (SSSR count). The van der Waals surface area contributed by atoms with Gasteiger partial charge >= 0.3 is 0 Å². The lowest BCUT2D eigenvalue weighted by atomic mass is 9.94. The highest BCUT2D eigenvalue weighted by Gasteiger charge is 2.27. The van der Waals surface area contributed by atoms with E-state index in [4.69, 9.17) is 16.3 Å². The van der Waals surface area contributed by atoms with Gasteiger partial charge in [0.1, 0.15) is 17.4 Å². The van der Waals surface area contributed by atoms with Crippen LogP contribution in [-0.4, -0.2) is 19.1 Å². The van der Waals surface area contributed by atoms with Gasteiger partial charge in [-0.1, -0.05) is 48.5 Å². The number of nitrogens with zero attached hydrogens (tertiary/aromatic N) is 1. The van der Waals surface area contributed by atoms with Crippen molar-refractivity contribution in [2.75, 3.05) is 14.2 Å². The molecule has 2 aromatic rings. The smallest absolute Gasteiger partial charge is 0.139 e. The van der Waals surface area contributed by atoms with Crippen molar-refractivity contribution in [2.24, 2.45) is 0 Å². The second kappa shape index (κ2) is 6.73. The lowest BCUT2D eigenvalue weighted by Crippen LogP contribution is -2.22. The zero-order chi connectivity index (χ0) is 18.1. The highest BCUT2D eigenvalue weighted by Crippen LogP contribution is 2.41. The van der Waals surface area contributed by atoms with Gasteiger partial charge in [0.2, 0.25) is 0 Å². The molecule has 25 heavy (non-hydrogen) atoms. The van der Waals surface area contributed by atoms with Crippen LogP contribution in [0.5, 0.6) is 5.75 Å². The molecule has 0 spiro atoms. The lowest BCUT2D eigenvalue weighted by molar-refractivity contribution is 0.406. The van der Waals surface area contributed by atoms with E-state index in [1.54, 1.807) is 18.0 Å². The highest BCUT2D eigenvalue weighted by molar-refractivity contribution is 6.33. The molecule has 0 atom stereocenters. The van der Waals surface area contributed by atoms with Crippen molar-refractivity contribution in [1.82, 2.24) is 4.90 Å². The topological polar surface area (TPSA) is 12.5 Å². The van der Waals surface area contributed by atoms with Crippen LogP contribution in [0.25, 0.3) is 11.3 Å². The van der Waals surface area contributed by atoms with E-state index in [9.17, 15) is 8.78 Å². The van der Waals surface area contributed by atoms with Crippen LogP contribution in [0.1, 0.15) is 11.1 Å². The molecule has 0 saturated heterocycles. The molecule has 0 bridgehead atoms. The van der Waals surface area contributed by atoms with Crippen molar-refractivity contribution in [3.05, 3.63) is 88.6 Å². The fourth-order valence-corrected chi connectivity index (χ4v) is 3.02. The summed E-state index contributed by atoms with van der Waals surface area (Å²) in [6, 6.07) is 11.6. The van der Waals surface area contributed by atoms with E-state index in [1.807, 2.05) is 30.3 Å². The first-order valence-electron chi connectivity index (χ1n) is 7.57. The normalized spacial score (nSPS) is 14.7. The van der Waals surface area contributed by atoms with Crippen molar-refractivity contribution in [3.8, 4) is 5.75 Å². The van der Waals surface area contributed by atoms with Crippen LogP contribution in [0.4, 0.5) is 8.78 Å². The Labute approximate surface area is 150 Å². The monoisotopic (exact) mass is 359 g/mol. The van der Waals surface area contributed by atoms with Crippen LogP contribution in [-0.2, 0) is 0 Å². The third kappa shape index (κ3) is 3.05. The van der Waals surface area contributed by atoms with Gasteiger partial charge in [0.25, 0.3) is 0 Å². The Bertz CT molecular complexity index is 880. The van der Waals surface area contributed by atoms with Crippen LogP contribution in [0.15, 0.2) is 65.8 Å². The number of ether oxygens (including phenoxy) is 1. The van der Waals surface area contributed by atoms with Crippen LogP contribution < -0.4 is 4.74 Å². The third-order valence-corrected chi connectivity index (χ3v) is 4.44. The summed E-state index contributed by atoms with van der Waals surface area (Å²) in [6.45, 7) is 3.90. The average molecular weight is 360 g/mol. The SMILES string of the molecule is C=C1C(Cl)=CC(c2ccccc2)=C(c2c(F)cc(OC)cc2F)N1C. The molecule has 0 N–H and O–H groups in total. The number of rotatable bonds is 3. The molecule has 0 unspecified atom stereocenters. The molecule has 0 fully saturated rings. The van der Waals surface area contributed by atoms with Gasteiger partial charge in [-0.25, -0.2) is 8.78 Å². The minimum atomic E-state index is -0.716. The lowest BCUT2D eigenvalue weighted by Gasteiger charge is -2.31. The maximum Gasteiger partial charge on any atom is 0.139 e.